The Bertz CT molecular complexity index is 684. The van der Waals surface area contributed by atoms with Gasteiger partial charge in [-0.05, 0) is 29.8 Å². The fourth-order valence-electron chi connectivity index (χ4n) is 3.16. The van der Waals surface area contributed by atoms with Gasteiger partial charge in [0, 0.05) is 43.7 Å². The number of carbonyl (C=O) groups is 1. The third-order valence-corrected chi connectivity index (χ3v) is 4.55. The van der Waals surface area contributed by atoms with Gasteiger partial charge in [-0.3, -0.25) is 9.69 Å². The molecule has 128 valence electrons. The Morgan fingerprint density at radius 2 is 2.08 bits per heavy atom. The van der Waals surface area contributed by atoms with Crippen LogP contribution in [-0.4, -0.2) is 48.7 Å². The number of nitrogens with zero attached hydrogens (tertiary/aromatic N) is 2. The van der Waals surface area contributed by atoms with Crippen LogP contribution < -0.4 is 5.32 Å². The van der Waals surface area contributed by atoms with Gasteiger partial charge >= 0.3 is 0 Å². The molecule has 24 heavy (non-hydrogen) atoms. The number of amides is 1. The third-order valence-electron chi connectivity index (χ3n) is 4.30. The number of methoxy groups -OCH3 is 1. The molecule has 0 fully saturated rings. The van der Waals surface area contributed by atoms with Crippen LogP contribution in [0.3, 0.4) is 0 Å². The molecule has 0 saturated heterocycles. The molecule has 1 aromatic carbocycles. The minimum atomic E-state index is 0.0195. The number of aromatic nitrogens is 1. The van der Waals surface area contributed by atoms with E-state index in [9.17, 15) is 4.79 Å². The van der Waals surface area contributed by atoms with Gasteiger partial charge in [-0.15, -0.1) is 0 Å². The Morgan fingerprint density at radius 3 is 2.83 bits per heavy atom. The molecule has 1 aliphatic rings. The number of nitrogens with one attached hydrogen (secondary N) is 1. The quantitative estimate of drug-likeness (QED) is 0.816. The predicted molar refractivity (Wildman–Crippen MR) is 94.2 cm³/mol. The summed E-state index contributed by atoms with van der Waals surface area (Å²) in [5, 5.41) is 3.61. The van der Waals surface area contributed by atoms with Crippen molar-refractivity contribution < 1.29 is 9.53 Å². The van der Waals surface area contributed by atoms with E-state index >= 15 is 0 Å². The summed E-state index contributed by atoms with van der Waals surface area (Å²) in [4.78, 5) is 14.4. The lowest BCUT2D eigenvalue weighted by atomic mass is 10.00. The molecule has 1 aromatic heterocycles. The maximum absolute atomic E-state index is 12.2. The lowest BCUT2D eigenvalue weighted by molar-refractivity contribution is -0.123. The number of fused-ring (bicyclic) bond motifs is 1. The van der Waals surface area contributed by atoms with Crippen molar-refractivity contribution >= 4 is 17.5 Å². The van der Waals surface area contributed by atoms with Gasteiger partial charge in [0.15, 0.2) is 0 Å². The van der Waals surface area contributed by atoms with Crippen molar-refractivity contribution in [3.05, 3.63) is 58.9 Å². The Labute approximate surface area is 147 Å². The van der Waals surface area contributed by atoms with Crippen molar-refractivity contribution in [2.45, 2.75) is 12.6 Å². The average Bonchev–Trinajstić information content (AvgIpc) is 3.04. The summed E-state index contributed by atoms with van der Waals surface area (Å²) >= 11 is 6.03. The van der Waals surface area contributed by atoms with E-state index in [4.69, 9.17) is 16.3 Å². The lowest BCUT2D eigenvalue weighted by Crippen LogP contribution is -2.44. The number of ether oxygens (including phenoxy) is 1. The van der Waals surface area contributed by atoms with E-state index in [1.54, 1.807) is 7.11 Å². The van der Waals surface area contributed by atoms with Crippen molar-refractivity contribution in [1.82, 2.24) is 14.8 Å². The third kappa shape index (κ3) is 3.80. The second-order valence-electron chi connectivity index (χ2n) is 5.89. The Hall–Kier alpha value is -1.82. The fraction of sp³-hybridized carbons (Fsp3) is 0.389. The normalized spacial score (nSPS) is 17.5. The smallest absolute Gasteiger partial charge is 0.234 e. The zero-order valence-electron chi connectivity index (χ0n) is 13.7. The monoisotopic (exact) mass is 347 g/mol. The zero-order valence-corrected chi connectivity index (χ0v) is 14.5. The maximum Gasteiger partial charge on any atom is 0.234 e. The number of hydrogen-bond acceptors (Lipinski definition) is 3. The molecule has 0 unspecified atom stereocenters. The highest BCUT2D eigenvalue weighted by Crippen LogP contribution is 2.32. The summed E-state index contributed by atoms with van der Waals surface area (Å²) in [5.74, 6) is 0.0195. The molecule has 1 aliphatic heterocycles. The summed E-state index contributed by atoms with van der Waals surface area (Å²) in [7, 11) is 1.63. The van der Waals surface area contributed by atoms with Gasteiger partial charge in [0.25, 0.3) is 0 Å². The van der Waals surface area contributed by atoms with Gasteiger partial charge in [0.1, 0.15) is 0 Å². The van der Waals surface area contributed by atoms with Gasteiger partial charge in [0.2, 0.25) is 5.91 Å². The van der Waals surface area contributed by atoms with Gasteiger partial charge < -0.3 is 14.6 Å². The molecule has 6 heteroatoms. The molecule has 0 aliphatic carbocycles. The average molecular weight is 348 g/mol. The molecular weight excluding hydrogens is 326 g/mol. The summed E-state index contributed by atoms with van der Waals surface area (Å²) < 4.78 is 7.22. The van der Waals surface area contributed by atoms with E-state index in [0.29, 0.717) is 24.7 Å². The number of halogens is 1. The molecule has 5 nitrogen and oxygen atoms in total. The fourth-order valence-corrected chi connectivity index (χ4v) is 3.29. The molecule has 1 amide bonds. The number of benzene rings is 1. The van der Waals surface area contributed by atoms with E-state index in [2.05, 4.69) is 33.1 Å². The minimum Gasteiger partial charge on any atom is -0.383 e. The Balaban J connectivity index is 1.80. The summed E-state index contributed by atoms with van der Waals surface area (Å²) in [5.41, 5.74) is 2.34. The molecule has 0 spiro atoms. The standard InChI is InChI=1S/C18H22ClN3O2/c1-24-12-8-20-17(23)13-22-11-10-21-9-2-3-16(21)18(22)14-4-6-15(19)7-5-14/h2-7,9,18H,8,10-13H2,1H3,(H,20,23)/t18-/m1/s1. The van der Waals surface area contributed by atoms with E-state index in [1.807, 2.05) is 24.3 Å². The van der Waals surface area contributed by atoms with Crippen LogP contribution in [0.5, 0.6) is 0 Å². The van der Waals surface area contributed by atoms with E-state index in [-0.39, 0.29) is 11.9 Å². The first kappa shape index (κ1) is 17.0. The number of carbonyl (C=O) groups excluding carboxylic acids is 1. The molecule has 2 heterocycles. The van der Waals surface area contributed by atoms with Crippen molar-refractivity contribution in [3.63, 3.8) is 0 Å². The van der Waals surface area contributed by atoms with Crippen molar-refractivity contribution in [2.75, 3.05) is 33.4 Å². The van der Waals surface area contributed by atoms with E-state index in [1.165, 1.54) is 5.69 Å². The number of hydrogen-bond donors (Lipinski definition) is 1. The van der Waals surface area contributed by atoms with Crippen LogP contribution in [0, 0.1) is 0 Å². The molecule has 0 bridgehead atoms. The highest BCUT2D eigenvalue weighted by molar-refractivity contribution is 6.30. The second-order valence-corrected chi connectivity index (χ2v) is 6.33. The molecule has 3 rings (SSSR count). The lowest BCUT2D eigenvalue weighted by Gasteiger charge is -2.36. The first-order valence-corrected chi connectivity index (χ1v) is 8.47. The highest BCUT2D eigenvalue weighted by atomic mass is 35.5. The van der Waals surface area contributed by atoms with Crippen molar-refractivity contribution in [3.8, 4) is 0 Å². The number of rotatable bonds is 6. The first-order chi connectivity index (χ1) is 11.7. The van der Waals surface area contributed by atoms with Crippen LogP contribution in [-0.2, 0) is 16.1 Å². The van der Waals surface area contributed by atoms with Crippen LogP contribution in [0.25, 0.3) is 0 Å². The summed E-state index contributed by atoms with van der Waals surface area (Å²) in [6.45, 7) is 3.13. The molecule has 1 N–H and O–H groups in total. The second kappa shape index (κ2) is 7.83. The van der Waals surface area contributed by atoms with E-state index in [0.717, 1.165) is 18.7 Å². The van der Waals surface area contributed by atoms with Gasteiger partial charge in [-0.1, -0.05) is 23.7 Å². The largest absolute Gasteiger partial charge is 0.383 e. The van der Waals surface area contributed by atoms with Crippen LogP contribution in [0.1, 0.15) is 17.3 Å². The predicted octanol–water partition coefficient (Wildman–Crippen LogP) is 2.31. The van der Waals surface area contributed by atoms with Crippen LogP contribution in [0.15, 0.2) is 42.6 Å². The minimum absolute atomic E-state index is 0.0195. The van der Waals surface area contributed by atoms with Crippen LogP contribution in [0.2, 0.25) is 5.02 Å². The molecule has 1 atom stereocenters. The maximum atomic E-state index is 12.2. The molecular formula is C18H22ClN3O2. The molecule has 2 aromatic rings. The molecule has 0 saturated carbocycles. The van der Waals surface area contributed by atoms with Crippen molar-refractivity contribution in [1.29, 1.82) is 0 Å². The summed E-state index contributed by atoms with van der Waals surface area (Å²) in [6, 6.07) is 12.1. The van der Waals surface area contributed by atoms with Crippen LogP contribution in [0.4, 0.5) is 0 Å². The summed E-state index contributed by atoms with van der Waals surface area (Å²) in [6.07, 6.45) is 2.09. The van der Waals surface area contributed by atoms with Crippen LogP contribution >= 0.6 is 11.6 Å². The SMILES string of the molecule is COCCNC(=O)CN1CCn2cccc2[C@H]1c1ccc(Cl)cc1. The van der Waals surface area contributed by atoms with E-state index < -0.39 is 0 Å². The highest BCUT2D eigenvalue weighted by Gasteiger charge is 2.29. The first-order valence-electron chi connectivity index (χ1n) is 8.09. The van der Waals surface area contributed by atoms with Gasteiger partial charge in [0.05, 0.1) is 19.2 Å². The Kier molecular flexibility index (Phi) is 5.56. The van der Waals surface area contributed by atoms with Gasteiger partial charge in [-0.2, -0.15) is 0 Å². The molecule has 0 radical (unpaired) electrons. The van der Waals surface area contributed by atoms with Gasteiger partial charge in [-0.25, -0.2) is 0 Å². The Morgan fingerprint density at radius 1 is 1.29 bits per heavy atom. The zero-order chi connectivity index (χ0) is 16.9. The van der Waals surface area contributed by atoms with Crippen molar-refractivity contribution in [2.24, 2.45) is 0 Å². The topological polar surface area (TPSA) is 46.5 Å².